The molecule has 1 saturated heterocycles. The Kier molecular flexibility index (Phi) is 7.84. The summed E-state index contributed by atoms with van der Waals surface area (Å²) < 4.78 is 36.8. The molecular formula is C25H33FN2O4. The van der Waals surface area contributed by atoms with Crippen LogP contribution in [0.2, 0.25) is 0 Å². The number of halogens is 1. The maximum atomic E-state index is 14.3. The quantitative estimate of drug-likeness (QED) is 0.595. The van der Waals surface area contributed by atoms with Gasteiger partial charge in [0.1, 0.15) is 12.4 Å². The number of nitrogens with zero attached hydrogens (tertiary/aromatic N) is 1. The molecule has 1 fully saturated rings. The first kappa shape index (κ1) is 22.8. The van der Waals surface area contributed by atoms with Crippen molar-refractivity contribution in [3.05, 3.63) is 53.3 Å². The van der Waals surface area contributed by atoms with Crippen LogP contribution in [0.1, 0.15) is 29.9 Å². The number of fused-ring (bicyclic) bond motifs is 1. The summed E-state index contributed by atoms with van der Waals surface area (Å²) in [5, 5.41) is 3.41. The number of piperidine rings is 1. The molecule has 6 nitrogen and oxygen atoms in total. The summed E-state index contributed by atoms with van der Waals surface area (Å²) in [5.74, 6) is 1.00. The van der Waals surface area contributed by atoms with Crippen LogP contribution in [0.3, 0.4) is 0 Å². The molecule has 0 amide bonds. The summed E-state index contributed by atoms with van der Waals surface area (Å²) in [6.45, 7) is 5.40. The summed E-state index contributed by atoms with van der Waals surface area (Å²) in [4.78, 5) is 2.35. The number of rotatable bonds is 9. The van der Waals surface area contributed by atoms with Crippen LogP contribution >= 0.6 is 0 Å². The van der Waals surface area contributed by atoms with Crippen LogP contribution in [0.25, 0.3) is 0 Å². The van der Waals surface area contributed by atoms with Crippen molar-refractivity contribution in [3.63, 3.8) is 0 Å². The summed E-state index contributed by atoms with van der Waals surface area (Å²) in [7, 11) is 3.22. The predicted octanol–water partition coefficient (Wildman–Crippen LogP) is 3.73. The molecule has 2 aliphatic heterocycles. The van der Waals surface area contributed by atoms with Gasteiger partial charge in [0.05, 0.1) is 32.1 Å². The molecule has 0 spiro atoms. The molecule has 0 aliphatic carbocycles. The van der Waals surface area contributed by atoms with Gasteiger partial charge in [-0.2, -0.15) is 0 Å². The number of hydrogen-bond acceptors (Lipinski definition) is 6. The Hall–Kier alpha value is -2.35. The van der Waals surface area contributed by atoms with E-state index in [9.17, 15) is 4.39 Å². The number of hydrogen-bond donors (Lipinski definition) is 1. The zero-order chi connectivity index (χ0) is 22.3. The maximum absolute atomic E-state index is 14.3. The van der Waals surface area contributed by atoms with E-state index in [0.29, 0.717) is 13.2 Å². The van der Waals surface area contributed by atoms with Crippen LogP contribution in [0.5, 0.6) is 11.5 Å². The second-order valence-electron chi connectivity index (χ2n) is 8.33. The second-order valence-corrected chi connectivity index (χ2v) is 8.33. The lowest BCUT2D eigenvalue weighted by Crippen LogP contribution is -2.41. The van der Waals surface area contributed by atoms with Crippen molar-refractivity contribution in [2.45, 2.75) is 31.5 Å². The van der Waals surface area contributed by atoms with Crippen molar-refractivity contribution in [2.24, 2.45) is 0 Å². The van der Waals surface area contributed by atoms with Crippen LogP contribution < -0.4 is 19.7 Å². The molecule has 2 aliphatic rings. The first-order valence-electron chi connectivity index (χ1n) is 11.3. The van der Waals surface area contributed by atoms with Crippen molar-refractivity contribution in [1.82, 2.24) is 5.32 Å². The Morgan fingerprint density at radius 1 is 1.19 bits per heavy atom. The first-order valence-corrected chi connectivity index (χ1v) is 11.3. The molecule has 174 valence electrons. The van der Waals surface area contributed by atoms with Gasteiger partial charge in [-0.15, -0.1) is 0 Å². The highest BCUT2D eigenvalue weighted by atomic mass is 19.1. The molecule has 1 N–H and O–H groups in total. The van der Waals surface area contributed by atoms with Gasteiger partial charge in [-0.1, -0.05) is 12.1 Å². The minimum atomic E-state index is -0.328. The van der Waals surface area contributed by atoms with E-state index in [1.807, 2.05) is 12.1 Å². The van der Waals surface area contributed by atoms with E-state index in [-0.39, 0.29) is 23.6 Å². The first-order chi connectivity index (χ1) is 15.7. The highest BCUT2D eigenvalue weighted by molar-refractivity contribution is 5.61. The van der Waals surface area contributed by atoms with Crippen molar-refractivity contribution in [3.8, 4) is 11.5 Å². The van der Waals surface area contributed by atoms with Gasteiger partial charge in [0, 0.05) is 32.7 Å². The fraction of sp³-hybridized carbons (Fsp3) is 0.520. The van der Waals surface area contributed by atoms with Crippen LogP contribution in [0, 0.1) is 5.82 Å². The zero-order valence-electron chi connectivity index (χ0n) is 18.9. The molecule has 2 aromatic carbocycles. The Labute approximate surface area is 189 Å². The SMILES string of the molecule is COCCCN1CCOc2ccc(CO[C@H]3CNCC[C@@H]3c3ccc(OC)c(F)c3)cc21. The second kappa shape index (κ2) is 11.0. The van der Waals surface area contributed by atoms with Gasteiger partial charge in [0.15, 0.2) is 11.6 Å². The van der Waals surface area contributed by atoms with E-state index in [2.05, 4.69) is 22.3 Å². The zero-order valence-corrected chi connectivity index (χ0v) is 18.9. The molecule has 0 saturated carbocycles. The molecule has 0 unspecified atom stereocenters. The van der Waals surface area contributed by atoms with Crippen LogP contribution in [-0.4, -0.2) is 59.7 Å². The van der Waals surface area contributed by atoms with Gasteiger partial charge in [0.2, 0.25) is 0 Å². The molecule has 2 atom stereocenters. The van der Waals surface area contributed by atoms with Crippen molar-refractivity contribution in [2.75, 3.05) is 58.5 Å². The molecule has 0 aromatic heterocycles. The minimum Gasteiger partial charge on any atom is -0.494 e. The van der Waals surface area contributed by atoms with Gasteiger partial charge < -0.3 is 29.2 Å². The predicted molar refractivity (Wildman–Crippen MR) is 122 cm³/mol. The largest absolute Gasteiger partial charge is 0.494 e. The fourth-order valence-electron chi connectivity index (χ4n) is 4.54. The van der Waals surface area contributed by atoms with E-state index >= 15 is 0 Å². The van der Waals surface area contributed by atoms with Gasteiger partial charge in [-0.25, -0.2) is 4.39 Å². The van der Waals surface area contributed by atoms with Gasteiger partial charge >= 0.3 is 0 Å². The lowest BCUT2D eigenvalue weighted by Gasteiger charge is -2.33. The average molecular weight is 445 g/mol. The van der Waals surface area contributed by atoms with Crippen molar-refractivity contribution in [1.29, 1.82) is 0 Å². The van der Waals surface area contributed by atoms with Gasteiger partial charge in [0.25, 0.3) is 0 Å². The maximum Gasteiger partial charge on any atom is 0.165 e. The molecule has 32 heavy (non-hydrogen) atoms. The molecule has 2 aromatic rings. The summed E-state index contributed by atoms with van der Waals surface area (Å²) >= 11 is 0. The van der Waals surface area contributed by atoms with Crippen molar-refractivity contribution < 1.29 is 23.3 Å². The molecule has 4 rings (SSSR count). The van der Waals surface area contributed by atoms with E-state index in [4.69, 9.17) is 18.9 Å². The number of benzene rings is 2. The van der Waals surface area contributed by atoms with Crippen molar-refractivity contribution >= 4 is 5.69 Å². The summed E-state index contributed by atoms with van der Waals surface area (Å²) in [6, 6.07) is 11.5. The monoisotopic (exact) mass is 444 g/mol. The summed E-state index contributed by atoms with van der Waals surface area (Å²) in [6.07, 6.45) is 1.85. The highest BCUT2D eigenvalue weighted by Gasteiger charge is 2.28. The lowest BCUT2D eigenvalue weighted by molar-refractivity contribution is 0.0105. The molecular weight excluding hydrogens is 411 g/mol. The van der Waals surface area contributed by atoms with Crippen LogP contribution in [-0.2, 0) is 16.1 Å². The molecule has 0 bridgehead atoms. The molecule has 2 heterocycles. The van der Waals surface area contributed by atoms with Gasteiger partial charge in [-0.3, -0.25) is 0 Å². The third-order valence-corrected chi connectivity index (χ3v) is 6.25. The number of nitrogens with one attached hydrogen (secondary N) is 1. The number of methoxy groups -OCH3 is 2. The van der Waals surface area contributed by atoms with E-state index in [0.717, 1.165) is 68.2 Å². The van der Waals surface area contributed by atoms with Crippen LogP contribution in [0.15, 0.2) is 36.4 Å². The highest BCUT2D eigenvalue weighted by Crippen LogP contribution is 2.34. The number of ether oxygens (including phenoxy) is 4. The molecule has 7 heteroatoms. The van der Waals surface area contributed by atoms with E-state index < -0.39 is 0 Å². The Bertz CT molecular complexity index is 894. The Balaban J connectivity index is 1.44. The normalized spacial score (nSPS) is 20.5. The van der Waals surface area contributed by atoms with E-state index in [1.165, 1.54) is 7.11 Å². The standard InChI is InChI=1S/C25H33FN2O4/c1-29-12-3-10-28-11-13-31-24-6-4-18(14-22(24)28)17-32-25-16-27-9-8-20(25)19-5-7-23(30-2)21(26)15-19/h4-7,14-15,20,25,27H,3,8-13,16-17H2,1-2H3/t20-,25+/m1/s1. The molecule has 0 radical (unpaired) electrons. The fourth-order valence-corrected chi connectivity index (χ4v) is 4.54. The van der Waals surface area contributed by atoms with Gasteiger partial charge in [-0.05, 0) is 54.8 Å². The van der Waals surface area contributed by atoms with E-state index in [1.54, 1.807) is 19.2 Å². The Morgan fingerprint density at radius 3 is 2.91 bits per heavy atom. The average Bonchev–Trinajstić information content (AvgIpc) is 2.83. The number of anilines is 1. The smallest absolute Gasteiger partial charge is 0.165 e. The topological polar surface area (TPSA) is 52.2 Å². The Morgan fingerprint density at radius 2 is 2.09 bits per heavy atom. The van der Waals surface area contributed by atoms with Crippen LogP contribution in [0.4, 0.5) is 10.1 Å². The third kappa shape index (κ3) is 5.34. The minimum absolute atomic E-state index is 0.0263. The lowest BCUT2D eigenvalue weighted by atomic mass is 9.87. The summed E-state index contributed by atoms with van der Waals surface area (Å²) in [5.41, 5.74) is 3.18. The third-order valence-electron chi connectivity index (χ3n) is 6.25.